The number of rotatable bonds is 2. The Labute approximate surface area is 83.4 Å². The Morgan fingerprint density at radius 1 is 1.64 bits per heavy atom. The van der Waals surface area contributed by atoms with Crippen LogP contribution in [0.15, 0.2) is 16.2 Å². The van der Waals surface area contributed by atoms with Gasteiger partial charge in [0.15, 0.2) is 5.82 Å². The summed E-state index contributed by atoms with van der Waals surface area (Å²) in [7, 11) is 0. The molecule has 0 radical (unpaired) electrons. The van der Waals surface area contributed by atoms with Gasteiger partial charge in [-0.15, -0.1) is 0 Å². The van der Waals surface area contributed by atoms with Crippen molar-refractivity contribution in [1.29, 1.82) is 0 Å². The zero-order chi connectivity index (χ0) is 9.97. The van der Waals surface area contributed by atoms with E-state index in [4.69, 9.17) is 4.52 Å². The topological polar surface area (TPSA) is 51.0 Å². The molecule has 4 nitrogen and oxygen atoms in total. The fraction of sp³-hybridized carbons (Fsp3) is 0.600. The van der Waals surface area contributed by atoms with Crippen molar-refractivity contribution < 1.29 is 4.52 Å². The highest BCUT2D eigenvalue weighted by Gasteiger charge is 2.18. The fourth-order valence-corrected chi connectivity index (χ4v) is 1.61. The van der Waals surface area contributed by atoms with Crippen molar-refractivity contribution in [2.75, 3.05) is 13.1 Å². The third-order valence-corrected chi connectivity index (χ3v) is 2.37. The molecule has 1 aliphatic rings. The third-order valence-electron chi connectivity index (χ3n) is 2.37. The lowest BCUT2D eigenvalue weighted by atomic mass is 10.0. The molecule has 0 amide bonds. The quantitative estimate of drug-likeness (QED) is 0.718. The summed E-state index contributed by atoms with van der Waals surface area (Å²) in [6.07, 6.45) is 3.02. The molecule has 0 fully saturated rings. The molecule has 0 saturated carbocycles. The second-order valence-electron chi connectivity index (χ2n) is 3.65. The lowest BCUT2D eigenvalue weighted by Crippen LogP contribution is -2.27. The van der Waals surface area contributed by atoms with Crippen LogP contribution in [0.5, 0.6) is 0 Å². The highest BCUT2D eigenvalue weighted by Crippen LogP contribution is 2.19. The van der Waals surface area contributed by atoms with Crippen molar-refractivity contribution in [2.24, 2.45) is 0 Å². The van der Waals surface area contributed by atoms with E-state index < -0.39 is 0 Å². The number of nitrogens with one attached hydrogen (secondary N) is 1. The van der Waals surface area contributed by atoms with Gasteiger partial charge >= 0.3 is 0 Å². The van der Waals surface area contributed by atoms with E-state index in [1.165, 1.54) is 5.57 Å². The zero-order valence-corrected chi connectivity index (χ0v) is 8.58. The molecule has 1 aliphatic heterocycles. The molecule has 2 heterocycles. The van der Waals surface area contributed by atoms with Crippen molar-refractivity contribution in [3.63, 3.8) is 0 Å². The highest BCUT2D eigenvalue weighted by atomic mass is 16.5. The minimum Gasteiger partial charge on any atom is -0.339 e. The number of aromatic nitrogens is 2. The van der Waals surface area contributed by atoms with E-state index in [0.717, 1.165) is 31.2 Å². The predicted molar refractivity (Wildman–Crippen MR) is 53.0 cm³/mol. The minimum absolute atomic E-state index is 0.247. The molecule has 76 valence electrons. The molecule has 0 bridgehead atoms. The SMILES string of the molecule is CCc1noc(C2C=C(C)CNC2)n1. The average molecular weight is 193 g/mol. The van der Waals surface area contributed by atoms with E-state index in [-0.39, 0.29) is 5.92 Å². The van der Waals surface area contributed by atoms with Crippen LogP contribution in [-0.4, -0.2) is 23.2 Å². The molecular formula is C10H15N3O. The maximum Gasteiger partial charge on any atom is 0.234 e. The zero-order valence-electron chi connectivity index (χ0n) is 8.58. The first kappa shape index (κ1) is 9.40. The highest BCUT2D eigenvalue weighted by molar-refractivity contribution is 5.16. The van der Waals surface area contributed by atoms with E-state index in [1.807, 2.05) is 6.92 Å². The van der Waals surface area contributed by atoms with Crippen molar-refractivity contribution in [1.82, 2.24) is 15.5 Å². The molecule has 0 saturated heterocycles. The van der Waals surface area contributed by atoms with Gasteiger partial charge in [0, 0.05) is 19.5 Å². The summed E-state index contributed by atoms with van der Waals surface area (Å²) in [5.74, 6) is 1.77. The van der Waals surface area contributed by atoms with Crippen LogP contribution < -0.4 is 5.32 Å². The average Bonchev–Trinajstić information content (AvgIpc) is 2.66. The van der Waals surface area contributed by atoms with E-state index in [2.05, 4.69) is 28.5 Å². The van der Waals surface area contributed by atoms with Crippen LogP contribution in [0, 0.1) is 0 Å². The lowest BCUT2D eigenvalue weighted by molar-refractivity contribution is 0.357. The maximum atomic E-state index is 5.20. The van der Waals surface area contributed by atoms with Crippen LogP contribution in [0.3, 0.4) is 0 Å². The van der Waals surface area contributed by atoms with Crippen molar-refractivity contribution in [3.8, 4) is 0 Å². The monoisotopic (exact) mass is 193 g/mol. The lowest BCUT2D eigenvalue weighted by Gasteiger charge is -2.16. The number of hydrogen-bond acceptors (Lipinski definition) is 4. The molecule has 0 aromatic carbocycles. The van der Waals surface area contributed by atoms with Crippen LogP contribution in [0.4, 0.5) is 0 Å². The normalized spacial score (nSPS) is 22.1. The Morgan fingerprint density at radius 2 is 2.50 bits per heavy atom. The van der Waals surface area contributed by atoms with Crippen LogP contribution in [0.1, 0.15) is 31.5 Å². The summed E-state index contributed by atoms with van der Waals surface area (Å²) in [6.45, 7) is 5.99. The van der Waals surface area contributed by atoms with Gasteiger partial charge in [-0.1, -0.05) is 23.7 Å². The van der Waals surface area contributed by atoms with Gasteiger partial charge in [0.25, 0.3) is 0 Å². The molecule has 0 spiro atoms. The Kier molecular flexibility index (Phi) is 2.63. The second-order valence-corrected chi connectivity index (χ2v) is 3.65. The predicted octanol–water partition coefficient (Wildman–Crippen LogP) is 1.27. The van der Waals surface area contributed by atoms with Gasteiger partial charge in [0.2, 0.25) is 5.89 Å². The molecule has 4 heteroatoms. The number of aryl methyl sites for hydroxylation is 1. The summed E-state index contributed by atoms with van der Waals surface area (Å²) < 4.78 is 5.20. The van der Waals surface area contributed by atoms with Crippen LogP contribution in [0.2, 0.25) is 0 Å². The Hall–Kier alpha value is -1.16. The van der Waals surface area contributed by atoms with Gasteiger partial charge in [-0.05, 0) is 6.92 Å². The fourth-order valence-electron chi connectivity index (χ4n) is 1.61. The Balaban J connectivity index is 2.18. The van der Waals surface area contributed by atoms with Crippen molar-refractivity contribution >= 4 is 0 Å². The maximum absolute atomic E-state index is 5.20. The van der Waals surface area contributed by atoms with E-state index in [1.54, 1.807) is 0 Å². The molecule has 2 rings (SSSR count). The molecule has 1 N–H and O–H groups in total. The van der Waals surface area contributed by atoms with Gasteiger partial charge in [-0.3, -0.25) is 0 Å². The van der Waals surface area contributed by atoms with E-state index in [9.17, 15) is 0 Å². The van der Waals surface area contributed by atoms with Crippen LogP contribution in [-0.2, 0) is 6.42 Å². The first-order valence-electron chi connectivity index (χ1n) is 5.00. The number of nitrogens with zero attached hydrogens (tertiary/aromatic N) is 2. The first-order valence-corrected chi connectivity index (χ1v) is 5.00. The standard InChI is InChI=1S/C10H15N3O/c1-3-9-12-10(14-13-9)8-4-7(2)5-11-6-8/h4,8,11H,3,5-6H2,1-2H3. The Morgan fingerprint density at radius 3 is 3.14 bits per heavy atom. The molecule has 14 heavy (non-hydrogen) atoms. The van der Waals surface area contributed by atoms with Gasteiger partial charge in [0.1, 0.15) is 0 Å². The molecular weight excluding hydrogens is 178 g/mol. The largest absolute Gasteiger partial charge is 0.339 e. The molecule has 0 aliphatic carbocycles. The number of hydrogen-bond donors (Lipinski definition) is 1. The first-order chi connectivity index (χ1) is 6.79. The summed E-state index contributed by atoms with van der Waals surface area (Å²) >= 11 is 0. The van der Waals surface area contributed by atoms with Gasteiger partial charge < -0.3 is 9.84 Å². The molecule has 1 atom stereocenters. The summed E-state index contributed by atoms with van der Waals surface area (Å²) in [6, 6.07) is 0. The molecule has 1 aromatic heterocycles. The van der Waals surface area contributed by atoms with Gasteiger partial charge in [-0.2, -0.15) is 4.98 Å². The van der Waals surface area contributed by atoms with E-state index in [0.29, 0.717) is 0 Å². The van der Waals surface area contributed by atoms with Crippen molar-refractivity contribution in [2.45, 2.75) is 26.2 Å². The summed E-state index contributed by atoms with van der Waals surface area (Å²) in [4.78, 5) is 4.32. The molecule has 1 aromatic rings. The van der Waals surface area contributed by atoms with Gasteiger partial charge in [0.05, 0.1) is 5.92 Å². The smallest absolute Gasteiger partial charge is 0.234 e. The second kappa shape index (κ2) is 3.92. The Bertz CT molecular complexity index is 343. The van der Waals surface area contributed by atoms with E-state index >= 15 is 0 Å². The third kappa shape index (κ3) is 1.85. The summed E-state index contributed by atoms with van der Waals surface area (Å²) in [5, 5.41) is 7.21. The molecule has 1 unspecified atom stereocenters. The van der Waals surface area contributed by atoms with Crippen LogP contribution >= 0.6 is 0 Å². The van der Waals surface area contributed by atoms with Gasteiger partial charge in [-0.25, -0.2) is 0 Å². The van der Waals surface area contributed by atoms with Crippen LogP contribution in [0.25, 0.3) is 0 Å². The minimum atomic E-state index is 0.247. The van der Waals surface area contributed by atoms with Crippen molar-refractivity contribution in [3.05, 3.63) is 23.4 Å². The summed E-state index contributed by atoms with van der Waals surface area (Å²) in [5.41, 5.74) is 1.33.